The van der Waals surface area contributed by atoms with Crippen LogP contribution in [0.15, 0.2) is 34.9 Å². The molecule has 2 heterocycles. The fourth-order valence-corrected chi connectivity index (χ4v) is 3.88. The highest BCUT2D eigenvalue weighted by molar-refractivity contribution is 7.22. The highest BCUT2D eigenvalue weighted by atomic mass is 32.1. The minimum atomic E-state index is -0.176. The topological polar surface area (TPSA) is 77.2 Å². The van der Waals surface area contributed by atoms with Crippen molar-refractivity contribution in [3.05, 3.63) is 47.2 Å². The molecule has 0 radical (unpaired) electrons. The molecule has 132 valence electrons. The summed E-state index contributed by atoms with van der Waals surface area (Å²) >= 11 is 1.41. The second-order valence-electron chi connectivity index (χ2n) is 6.17. The van der Waals surface area contributed by atoms with Crippen molar-refractivity contribution in [1.82, 2.24) is 10.1 Å². The van der Waals surface area contributed by atoms with Crippen LogP contribution >= 0.6 is 11.3 Å². The van der Waals surface area contributed by atoms with Crippen LogP contribution in [-0.2, 0) is 11.2 Å². The summed E-state index contributed by atoms with van der Waals surface area (Å²) in [6.07, 6.45) is 0.134. The number of hydrogen-bond donors (Lipinski definition) is 1. The van der Waals surface area contributed by atoms with Crippen molar-refractivity contribution in [3.63, 3.8) is 0 Å². The van der Waals surface area contributed by atoms with Crippen LogP contribution in [-0.4, -0.2) is 23.2 Å². The maximum atomic E-state index is 12.4. The number of benzene rings is 2. The number of carbonyl (C=O) groups is 1. The van der Waals surface area contributed by atoms with Gasteiger partial charge in [0, 0.05) is 5.39 Å². The molecule has 26 heavy (non-hydrogen) atoms. The number of ether oxygens (including phenoxy) is 1. The number of amides is 1. The molecular weight excluding hydrogens is 350 g/mol. The highest BCUT2D eigenvalue weighted by Crippen LogP contribution is 2.29. The lowest BCUT2D eigenvalue weighted by molar-refractivity contribution is -0.115. The Morgan fingerprint density at radius 1 is 1.27 bits per heavy atom. The molecule has 0 bridgehead atoms. The smallest absolute Gasteiger partial charge is 0.232 e. The Hall–Kier alpha value is -2.93. The minimum absolute atomic E-state index is 0.134. The van der Waals surface area contributed by atoms with Crippen LogP contribution in [0, 0.1) is 13.8 Å². The van der Waals surface area contributed by atoms with Gasteiger partial charge in [-0.25, -0.2) is 4.98 Å². The van der Waals surface area contributed by atoms with Gasteiger partial charge in [-0.3, -0.25) is 4.79 Å². The lowest BCUT2D eigenvalue weighted by Gasteiger charge is -2.00. The number of nitrogens with one attached hydrogen (secondary N) is 1. The van der Waals surface area contributed by atoms with E-state index in [-0.39, 0.29) is 12.3 Å². The molecule has 6 nitrogen and oxygen atoms in total. The van der Waals surface area contributed by atoms with Crippen LogP contribution in [0.2, 0.25) is 0 Å². The summed E-state index contributed by atoms with van der Waals surface area (Å²) in [5.41, 5.74) is 4.31. The molecule has 0 spiro atoms. The number of hydrogen-bond acceptors (Lipinski definition) is 6. The van der Waals surface area contributed by atoms with E-state index in [2.05, 4.69) is 15.5 Å². The number of aromatic nitrogens is 2. The normalized spacial score (nSPS) is 11.2. The zero-order valence-corrected chi connectivity index (χ0v) is 15.4. The van der Waals surface area contributed by atoms with Crippen LogP contribution < -0.4 is 10.1 Å². The van der Waals surface area contributed by atoms with Crippen molar-refractivity contribution in [2.75, 3.05) is 12.4 Å². The lowest BCUT2D eigenvalue weighted by Crippen LogP contribution is -2.14. The fraction of sp³-hybridized carbons (Fsp3) is 0.211. The number of methoxy groups -OCH3 is 1. The van der Waals surface area contributed by atoms with Crippen molar-refractivity contribution < 1.29 is 14.1 Å². The first-order valence-corrected chi connectivity index (χ1v) is 8.95. The summed E-state index contributed by atoms with van der Waals surface area (Å²) < 4.78 is 11.6. The van der Waals surface area contributed by atoms with Gasteiger partial charge in [-0.05, 0) is 49.2 Å². The number of rotatable bonds is 4. The summed E-state index contributed by atoms with van der Waals surface area (Å²) in [5, 5.41) is 8.36. The molecule has 7 heteroatoms. The third-order valence-corrected chi connectivity index (χ3v) is 5.08. The molecule has 0 unspecified atom stereocenters. The van der Waals surface area contributed by atoms with E-state index in [1.807, 2.05) is 44.2 Å². The molecule has 2 aromatic heterocycles. The summed E-state index contributed by atoms with van der Waals surface area (Å²) in [7, 11) is 1.62. The first-order chi connectivity index (χ1) is 12.5. The van der Waals surface area contributed by atoms with Gasteiger partial charge in [0.2, 0.25) is 5.91 Å². The molecular formula is C19H17N3O3S. The van der Waals surface area contributed by atoms with E-state index in [0.29, 0.717) is 10.8 Å². The van der Waals surface area contributed by atoms with Gasteiger partial charge >= 0.3 is 0 Å². The maximum absolute atomic E-state index is 12.4. The molecule has 0 aliphatic rings. The number of nitrogens with zero attached hydrogens (tertiary/aromatic N) is 2. The number of thiazole rings is 1. The van der Waals surface area contributed by atoms with E-state index >= 15 is 0 Å². The summed E-state index contributed by atoms with van der Waals surface area (Å²) in [4.78, 5) is 16.9. The Balaban J connectivity index is 1.56. The SMILES string of the molecule is COc1ccc2nc(NC(=O)Cc3noc4c(C)cc(C)cc34)sc2c1. The molecule has 0 saturated heterocycles. The molecule has 0 aliphatic heterocycles. The summed E-state index contributed by atoms with van der Waals surface area (Å²) in [6.45, 7) is 3.98. The molecule has 1 amide bonds. The largest absolute Gasteiger partial charge is 0.497 e. The second kappa shape index (κ2) is 6.42. The standard InChI is InChI=1S/C19H17N3O3S/c1-10-6-11(2)18-13(7-10)15(22-25-18)9-17(23)21-19-20-14-5-4-12(24-3)8-16(14)26-19/h4-8H,9H2,1-3H3,(H,20,21,23). The van der Waals surface area contributed by atoms with E-state index in [4.69, 9.17) is 9.26 Å². The van der Waals surface area contributed by atoms with Crippen LogP contribution in [0.1, 0.15) is 16.8 Å². The van der Waals surface area contributed by atoms with Gasteiger partial charge < -0.3 is 14.6 Å². The Labute approximate surface area is 153 Å². The predicted molar refractivity (Wildman–Crippen MR) is 102 cm³/mol. The Bertz CT molecular complexity index is 1130. The van der Waals surface area contributed by atoms with Gasteiger partial charge in [0.1, 0.15) is 11.4 Å². The maximum Gasteiger partial charge on any atom is 0.232 e. The average molecular weight is 367 g/mol. The van der Waals surface area contributed by atoms with Gasteiger partial charge in [0.05, 0.1) is 23.7 Å². The Morgan fingerprint density at radius 2 is 2.12 bits per heavy atom. The van der Waals surface area contributed by atoms with Crippen molar-refractivity contribution in [1.29, 1.82) is 0 Å². The van der Waals surface area contributed by atoms with Gasteiger partial charge in [0.15, 0.2) is 10.7 Å². The van der Waals surface area contributed by atoms with Gasteiger partial charge in [-0.15, -0.1) is 0 Å². The molecule has 2 aromatic carbocycles. The third-order valence-electron chi connectivity index (χ3n) is 4.15. The van der Waals surface area contributed by atoms with E-state index in [1.165, 1.54) is 11.3 Å². The molecule has 4 rings (SSSR count). The monoisotopic (exact) mass is 367 g/mol. The van der Waals surface area contributed by atoms with Gasteiger partial charge in [-0.2, -0.15) is 0 Å². The van der Waals surface area contributed by atoms with Crippen molar-refractivity contribution in [2.45, 2.75) is 20.3 Å². The van der Waals surface area contributed by atoms with Crippen LogP contribution in [0.4, 0.5) is 5.13 Å². The number of anilines is 1. The van der Waals surface area contributed by atoms with Crippen LogP contribution in [0.5, 0.6) is 5.75 Å². The minimum Gasteiger partial charge on any atom is -0.497 e. The fourth-order valence-electron chi connectivity index (χ4n) is 2.97. The molecule has 0 atom stereocenters. The predicted octanol–water partition coefficient (Wildman–Crippen LogP) is 4.24. The van der Waals surface area contributed by atoms with Gasteiger partial charge in [0.25, 0.3) is 0 Å². The lowest BCUT2D eigenvalue weighted by atomic mass is 10.1. The van der Waals surface area contributed by atoms with E-state index in [9.17, 15) is 4.79 Å². The number of carbonyl (C=O) groups excluding carboxylic acids is 1. The van der Waals surface area contributed by atoms with Crippen molar-refractivity contribution >= 4 is 43.6 Å². The van der Waals surface area contributed by atoms with E-state index in [0.717, 1.165) is 38.1 Å². The van der Waals surface area contributed by atoms with Crippen LogP contribution in [0.3, 0.4) is 0 Å². The van der Waals surface area contributed by atoms with Crippen LogP contribution in [0.25, 0.3) is 21.2 Å². The molecule has 1 N–H and O–H groups in total. The van der Waals surface area contributed by atoms with Crippen molar-refractivity contribution in [3.8, 4) is 5.75 Å². The molecule has 0 aliphatic carbocycles. The summed E-state index contributed by atoms with van der Waals surface area (Å²) in [5.74, 6) is 0.587. The quantitative estimate of drug-likeness (QED) is 0.584. The van der Waals surface area contributed by atoms with Crippen molar-refractivity contribution in [2.24, 2.45) is 0 Å². The second-order valence-corrected chi connectivity index (χ2v) is 7.20. The molecule has 4 aromatic rings. The highest BCUT2D eigenvalue weighted by Gasteiger charge is 2.16. The third kappa shape index (κ3) is 3.01. The number of fused-ring (bicyclic) bond motifs is 2. The average Bonchev–Trinajstić information content (AvgIpc) is 3.17. The Kier molecular flexibility index (Phi) is 4.08. The first-order valence-electron chi connectivity index (χ1n) is 8.13. The number of aryl methyl sites for hydroxylation is 2. The van der Waals surface area contributed by atoms with Gasteiger partial charge in [-0.1, -0.05) is 22.6 Å². The zero-order valence-electron chi connectivity index (χ0n) is 14.6. The van der Waals surface area contributed by atoms with E-state index < -0.39 is 0 Å². The zero-order chi connectivity index (χ0) is 18.3. The first kappa shape index (κ1) is 16.5. The molecule has 0 fully saturated rings. The Morgan fingerprint density at radius 3 is 2.92 bits per heavy atom. The van der Waals surface area contributed by atoms with E-state index in [1.54, 1.807) is 7.11 Å². The summed E-state index contributed by atoms with van der Waals surface area (Å²) in [6, 6.07) is 9.65. The molecule has 0 saturated carbocycles.